The summed E-state index contributed by atoms with van der Waals surface area (Å²) in [6.45, 7) is 2.85. The van der Waals surface area contributed by atoms with E-state index in [0.29, 0.717) is 24.0 Å². The van der Waals surface area contributed by atoms with E-state index in [9.17, 15) is 9.59 Å². The van der Waals surface area contributed by atoms with Crippen LogP contribution in [-0.2, 0) is 24.2 Å². The van der Waals surface area contributed by atoms with Crippen molar-refractivity contribution in [2.24, 2.45) is 0 Å². The molecule has 1 aliphatic heterocycles. The summed E-state index contributed by atoms with van der Waals surface area (Å²) in [5.41, 5.74) is 3.36. The molecule has 0 unspecified atom stereocenters. The lowest BCUT2D eigenvalue weighted by Gasteiger charge is -2.30. The first kappa shape index (κ1) is 23.7. The number of carboxylic acids is 1. The van der Waals surface area contributed by atoms with E-state index in [0.717, 1.165) is 42.5 Å². The molecule has 3 aromatic rings. The molecule has 1 saturated heterocycles. The third-order valence-electron chi connectivity index (χ3n) is 5.53. The highest BCUT2D eigenvalue weighted by Crippen LogP contribution is 2.29. The molecule has 0 bridgehead atoms. The van der Waals surface area contributed by atoms with Crippen molar-refractivity contribution in [2.45, 2.75) is 49.6 Å². The fraction of sp³-hybridized carbons (Fsp3) is 0.391. The van der Waals surface area contributed by atoms with Gasteiger partial charge in [-0.25, -0.2) is 9.48 Å². The summed E-state index contributed by atoms with van der Waals surface area (Å²) in [5.74, 6) is -0.477. The Morgan fingerprint density at radius 1 is 1.12 bits per heavy atom. The molecule has 1 aromatic carbocycles. The predicted octanol–water partition coefficient (Wildman–Crippen LogP) is 3.00. The zero-order valence-corrected chi connectivity index (χ0v) is 19.6. The number of ether oxygens (including phenoxy) is 1. The van der Waals surface area contributed by atoms with Crippen molar-refractivity contribution < 1.29 is 19.4 Å². The summed E-state index contributed by atoms with van der Waals surface area (Å²) in [7, 11) is 0. The number of thioether (sulfide) groups is 1. The Kier molecular flexibility index (Phi) is 7.73. The Hall–Kier alpha value is -3.47. The van der Waals surface area contributed by atoms with Gasteiger partial charge in [-0.3, -0.25) is 9.78 Å². The maximum Gasteiger partial charge on any atom is 0.415 e. The van der Waals surface area contributed by atoms with Crippen molar-refractivity contribution in [3.8, 4) is 5.75 Å². The van der Waals surface area contributed by atoms with Gasteiger partial charge in [-0.05, 0) is 72.4 Å². The third kappa shape index (κ3) is 6.53. The number of aryl methyl sites for hydroxylation is 3. The van der Waals surface area contributed by atoms with Gasteiger partial charge in [0.25, 0.3) is 0 Å². The van der Waals surface area contributed by atoms with Crippen LogP contribution in [0.4, 0.5) is 4.79 Å². The predicted molar refractivity (Wildman–Crippen MR) is 125 cm³/mol. The van der Waals surface area contributed by atoms with Crippen LogP contribution in [0.5, 0.6) is 5.75 Å². The topological polar surface area (TPSA) is 123 Å². The Morgan fingerprint density at radius 2 is 1.88 bits per heavy atom. The van der Waals surface area contributed by atoms with Crippen molar-refractivity contribution in [2.75, 3.05) is 13.1 Å². The zero-order chi connectivity index (χ0) is 23.9. The molecular weight excluding hydrogens is 456 g/mol. The number of carbonyl (C=O) groups is 2. The number of pyridine rings is 1. The van der Waals surface area contributed by atoms with Crippen molar-refractivity contribution in [1.29, 1.82) is 0 Å². The Morgan fingerprint density at radius 3 is 2.56 bits per heavy atom. The molecule has 1 aliphatic rings. The second-order valence-corrected chi connectivity index (χ2v) is 9.42. The SMILES string of the molecule is Cc1ccc(CCc2ccc(OC(=O)N3CCC(Sc4nnnn4CC(=O)O)CC3)cc2)nc1. The molecule has 0 saturated carbocycles. The van der Waals surface area contributed by atoms with Crippen LogP contribution in [0.1, 0.15) is 29.7 Å². The average molecular weight is 483 g/mol. The van der Waals surface area contributed by atoms with Gasteiger partial charge in [0.2, 0.25) is 5.16 Å². The zero-order valence-electron chi connectivity index (χ0n) is 18.8. The third-order valence-corrected chi connectivity index (χ3v) is 6.84. The van der Waals surface area contributed by atoms with Crippen LogP contribution in [-0.4, -0.2) is 65.6 Å². The van der Waals surface area contributed by atoms with E-state index in [1.165, 1.54) is 16.4 Å². The lowest BCUT2D eigenvalue weighted by molar-refractivity contribution is -0.138. The van der Waals surface area contributed by atoms with Gasteiger partial charge in [0, 0.05) is 30.2 Å². The average Bonchev–Trinajstić information content (AvgIpc) is 3.25. The van der Waals surface area contributed by atoms with Crippen LogP contribution in [0.15, 0.2) is 47.8 Å². The summed E-state index contributed by atoms with van der Waals surface area (Å²) >= 11 is 1.44. The van der Waals surface area contributed by atoms with Gasteiger partial charge in [-0.1, -0.05) is 30.0 Å². The molecule has 2 aromatic heterocycles. The Bertz CT molecular complexity index is 1110. The fourth-order valence-corrected chi connectivity index (χ4v) is 4.67. The number of tetrazole rings is 1. The number of benzene rings is 1. The number of rotatable bonds is 8. The van der Waals surface area contributed by atoms with Crippen molar-refractivity contribution >= 4 is 23.8 Å². The highest BCUT2D eigenvalue weighted by atomic mass is 32.2. The lowest BCUT2D eigenvalue weighted by atomic mass is 10.1. The summed E-state index contributed by atoms with van der Waals surface area (Å²) in [6.07, 6.45) is 4.72. The molecule has 1 fully saturated rings. The molecule has 11 heteroatoms. The molecule has 4 rings (SSSR count). The van der Waals surface area contributed by atoms with Crippen molar-refractivity contribution in [3.05, 3.63) is 59.4 Å². The van der Waals surface area contributed by atoms with Gasteiger partial charge in [0.1, 0.15) is 12.3 Å². The standard InChI is InChI=1S/C23H26N6O4S/c1-16-2-6-18(24-14-16)7-3-17-4-8-19(9-5-17)33-23(32)28-12-10-20(11-13-28)34-22-25-26-27-29(22)15-21(30)31/h2,4-6,8-9,14,20H,3,7,10-13,15H2,1H3,(H,30,31). The van der Waals surface area contributed by atoms with Crippen LogP contribution in [0.2, 0.25) is 0 Å². The molecule has 0 atom stereocenters. The first-order valence-corrected chi connectivity index (χ1v) is 12.0. The highest BCUT2D eigenvalue weighted by Gasteiger charge is 2.26. The summed E-state index contributed by atoms with van der Waals surface area (Å²) in [6, 6.07) is 11.7. The van der Waals surface area contributed by atoms with Crippen LogP contribution in [0, 0.1) is 6.92 Å². The van der Waals surface area contributed by atoms with E-state index < -0.39 is 5.97 Å². The van der Waals surface area contributed by atoms with Gasteiger partial charge < -0.3 is 14.7 Å². The van der Waals surface area contributed by atoms with E-state index in [2.05, 4.69) is 26.6 Å². The van der Waals surface area contributed by atoms with E-state index in [4.69, 9.17) is 9.84 Å². The number of aromatic nitrogens is 5. The van der Waals surface area contributed by atoms with Crippen LogP contribution < -0.4 is 4.74 Å². The Labute approximate surface area is 201 Å². The minimum Gasteiger partial charge on any atom is -0.480 e. The smallest absolute Gasteiger partial charge is 0.415 e. The van der Waals surface area contributed by atoms with Crippen LogP contribution in [0.3, 0.4) is 0 Å². The summed E-state index contributed by atoms with van der Waals surface area (Å²) in [5, 5.41) is 20.8. The normalized spacial score (nSPS) is 14.2. The second kappa shape index (κ2) is 11.1. The highest BCUT2D eigenvalue weighted by molar-refractivity contribution is 7.99. The minimum absolute atomic E-state index is 0.199. The van der Waals surface area contributed by atoms with Gasteiger partial charge in [-0.2, -0.15) is 0 Å². The number of aliphatic carboxylic acids is 1. The molecule has 0 spiro atoms. The van der Waals surface area contributed by atoms with Gasteiger partial charge in [0.15, 0.2) is 0 Å². The Balaban J connectivity index is 1.22. The van der Waals surface area contributed by atoms with Crippen molar-refractivity contribution in [1.82, 2.24) is 30.1 Å². The molecule has 34 heavy (non-hydrogen) atoms. The van der Waals surface area contributed by atoms with Crippen molar-refractivity contribution in [3.63, 3.8) is 0 Å². The number of hydrogen-bond donors (Lipinski definition) is 1. The first-order chi connectivity index (χ1) is 16.5. The van der Waals surface area contributed by atoms with Crippen LogP contribution in [0.25, 0.3) is 0 Å². The molecule has 1 amide bonds. The summed E-state index contributed by atoms with van der Waals surface area (Å²) in [4.78, 5) is 29.6. The van der Waals surface area contributed by atoms with Crippen LogP contribution >= 0.6 is 11.8 Å². The monoisotopic (exact) mass is 482 g/mol. The molecule has 3 heterocycles. The number of nitrogens with zero attached hydrogens (tertiary/aromatic N) is 6. The molecule has 1 N–H and O–H groups in total. The van der Waals surface area contributed by atoms with E-state index in [-0.39, 0.29) is 17.9 Å². The molecule has 0 radical (unpaired) electrons. The van der Waals surface area contributed by atoms with E-state index in [1.54, 1.807) is 4.90 Å². The fourth-order valence-electron chi connectivity index (χ4n) is 3.62. The van der Waals surface area contributed by atoms with E-state index in [1.807, 2.05) is 43.5 Å². The number of carbonyl (C=O) groups excluding carboxylic acids is 1. The lowest BCUT2D eigenvalue weighted by Crippen LogP contribution is -2.41. The quantitative estimate of drug-likeness (QED) is 0.516. The molecule has 178 valence electrons. The summed E-state index contributed by atoms with van der Waals surface area (Å²) < 4.78 is 6.83. The minimum atomic E-state index is -0.997. The number of carboxylic acid groups (broad SMARTS) is 1. The molecular formula is C23H26N6O4S. The second-order valence-electron chi connectivity index (χ2n) is 8.16. The number of piperidine rings is 1. The maximum atomic E-state index is 12.6. The van der Waals surface area contributed by atoms with E-state index >= 15 is 0 Å². The van der Waals surface area contributed by atoms with Gasteiger partial charge in [0.05, 0.1) is 0 Å². The maximum absolute atomic E-state index is 12.6. The van der Waals surface area contributed by atoms with Gasteiger partial charge >= 0.3 is 12.1 Å². The van der Waals surface area contributed by atoms with Gasteiger partial charge in [-0.15, -0.1) is 5.10 Å². The largest absolute Gasteiger partial charge is 0.480 e. The first-order valence-electron chi connectivity index (χ1n) is 11.1. The molecule has 10 nitrogen and oxygen atoms in total. The number of likely N-dealkylation sites (tertiary alicyclic amines) is 1. The number of hydrogen-bond acceptors (Lipinski definition) is 8. The molecule has 0 aliphatic carbocycles. The number of amides is 1.